The highest BCUT2D eigenvalue weighted by atomic mass is 32.1. The molecule has 6 atom stereocenters. The lowest BCUT2D eigenvalue weighted by molar-refractivity contribution is -0.148. The van der Waals surface area contributed by atoms with Gasteiger partial charge in [-0.15, -0.1) is 11.3 Å². The van der Waals surface area contributed by atoms with Crippen LogP contribution in [0.15, 0.2) is 48.2 Å². The van der Waals surface area contributed by atoms with E-state index in [4.69, 9.17) is 43.5 Å². The number of hydrogen-bond donors (Lipinski definition) is 2. The number of ether oxygens (including phenoxy) is 7. The molecule has 3 unspecified atom stereocenters. The minimum absolute atomic E-state index is 0.109. The minimum Gasteiger partial charge on any atom is -0.497 e. The van der Waals surface area contributed by atoms with E-state index in [2.05, 4.69) is 35.9 Å². The van der Waals surface area contributed by atoms with Crippen LogP contribution in [0.1, 0.15) is 139 Å². The number of carboxylic acids is 1. The quantitative estimate of drug-likeness (QED) is 0.0434. The van der Waals surface area contributed by atoms with Crippen molar-refractivity contribution in [3.05, 3.63) is 69.9 Å². The van der Waals surface area contributed by atoms with E-state index >= 15 is 0 Å². The molecule has 2 fully saturated rings. The standard InChI is InChI=1S/C43H55N3O10S.C10H17NO2.C3H8/c1-28(26-54-35-17-15-31(23-32(35)24-44)42-45-29(2)41(57-42)43(49)50)27-55-39(47)12-6-5-7-13-40(48)56-33-18-20-46(25-33)34-10-8-9-11-36(34)53-21-19-30-14-16-37(51-3)38(22-30)52-4;1-4-10(9(3)5-11)13-7-8(2)6-12;1-3-2/h14-17,22-23,28,33-34,36H,5-13,18-21,25-27H2,1-4H3,(H,49,50);4,8-9,12H,6-7H2,1-3H3;3H2,1-2H3/b;10-4+;/t28?,33-,34-,36-;;/m1../s1. The van der Waals surface area contributed by atoms with Gasteiger partial charge in [-0.3, -0.25) is 14.5 Å². The van der Waals surface area contributed by atoms with Gasteiger partial charge in [-0.2, -0.15) is 10.5 Å². The summed E-state index contributed by atoms with van der Waals surface area (Å²) in [5.74, 6) is 0.756. The number of carbonyl (C=O) groups excluding carboxylic acids is 2. The Balaban J connectivity index is 0.000000758. The molecule has 2 heterocycles. The minimum atomic E-state index is -1.04. The number of nitriles is 2. The summed E-state index contributed by atoms with van der Waals surface area (Å²) in [5, 5.41) is 36.9. The highest BCUT2D eigenvalue weighted by Crippen LogP contribution is 2.33. The van der Waals surface area contributed by atoms with Crippen LogP contribution in [0.2, 0.25) is 0 Å². The zero-order valence-electron chi connectivity index (χ0n) is 44.6. The number of aromatic carboxylic acids is 1. The second-order valence-corrected chi connectivity index (χ2v) is 19.7. The van der Waals surface area contributed by atoms with Gasteiger partial charge in [0.2, 0.25) is 0 Å². The Labute approximate surface area is 437 Å². The molecule has 5 rings (SSSR count). The number of aromatic nitrogens is 1. The van der Waals surface area contributed by atoms with Gasteiger partial charge >= 0.3 is 17.9 Å². The number of aryl methyl sites for hydroxylation is 1. The number of carbonyl (C=O) groups is 3. The third-order valence-corrected chi connectivity index (χ3v) is 13.4. The fourth-order valence-corrected chi connectivity index (χ4v) is 9.06. The lowest BCUT2D eigenvalue weighted by atomic mass is 9.91. The van der Waals surface area contributed by atoms with Crippen LogP contribution >= 0.6 is 11.3 Å². The summed E-state index contributed by atoms with van der Waals surface area (Å²) in [6.07, 6.45) is 11.7. The lowest BCUT2D eigenvalue weighted by Gasteiger charge is -2.37. The number of aliphatic hydroxyl groups is 1. The molecule has 1 aliphatic carbocycles. The molecular formula is C56H80N4O12S. The summed E-state index contributed by atoms with van der Waals surface area (Å²) in [6.45, 7) is 16.5. The number of carboxylic acid groups (broad SMARTS) is 1. The van der Waals surface area contributed by atoms with E-state index in [0.29, 0.717) is 77.6 Å². The average molecular weight is 1030 g/mol. The molecule has 0 radical (unpaired) electrons. The number of thiazole rings is 1. The Hall–Kier alpha value is -5.72. The summed E-state index contributed by atoms with van der Waals surface area (Å²) in [4.78, 5) is 43.4. The highest BCUT2D eigenvalue weighted by molar-refractivity contribution is 7.17. The van der Waals surface area contributed by atoms with Crippen LogP contribution in [0.4, 0.5) is 0 Å². The van der Waals surface area contributed by atoms with E-state index in [1.165, 1.54) is 12.8 Å². The number of esters is 2. The van der Waals surface area contributed by atoms with Gasteiger partial charge < -0.3 is 43.4 Å². The second-order valence-electron chi connectivity index (χ2n) is 18.7. The Bertz CT molecular complexity index is 2270. The molecule has 2 aliphatic rings. The SMILES string of the molecule is C/C=C(/OCC(C)CO)C(C)C#N.CCC.COc1ccc(CCO[C@@H]2CCCC[C@H]2N2CC[C@@H](OC(=O)CCCCCC(=O)OCC(C)COc3ccc(-c4nc(C)c(C(=O)O)s4)cc3C#N)C2)cc1OC. The van der Waals surface area contributed by atoms with Gasteiger partial charge in [0.15, 0.2) is 11.5 Å². The predicted molar refractivity (Wildman–Crippen MR) is 281 cm³/mol. The molecule has 17 heteroatoms. The Morgan fingerprint density at radius 1 is 0.890 bits per heavy atom. The van der Waals surface area contributed by atoms with Crippen LogP contribution in [-0.2, 0) is 35.0 Å². The number of nitrogens with zero attached hydrogens (tertiary/aromatic N) is 4. The maximum atomic E-state index is 12.7. The van der Waals surface area contributed by atoms with Crippen molar-refractivity contribution in [1.29, 1.82) is 10.5 Å². The Kier molecular flexibility index (Phi) is 28.6. The fraction of sp³-hybridized carbons (Fsp3) is 0.607. The van der Waals surface area contributed by atoms with E-state index in [1.54, 1.807) is 52.3 Å². The van der Waals surface area contributed by atoms with Crippen molar-refractivity contribution in [3.63, 3.8) is 0 Å². The van der Waals surface area contributed by atoms with Gasteiger partial charge in [-0.25, -0.2) is 9.78 Å². The topological polar surface area (TPSA) is 220 Å². The van der Waals surface area contributed by atoms with Crippen LogP contribution in [0.3, 0.4) is 0 Å². The van der Waals surface area contributed by atoms with Gasteiger partial charge in [-0.1, -0.05) is 59.4 Å². The number of benzene rings is 2. The van der Waals surface area contributed by atoms with Crippen molar-refractivity contribution in [3.8, 4) is 40.0 Å². The summed E-state index contributed by atoms with van der Waals surface area (Å²) in [7, 11) is 3.27. The smallest absolute Gasteiger partial charge is 0.347 e. The monoisotopic (exact) mass is 1030 g/mol. The van der Waals surface area contributed by atoms with Crippen molar-refractivity contribution in [2.75, 3.05) is 60.3 Å². The highest BCUT2D eigenvalue weighted by Gasteiger charge is 2.36. The third-order valence-electron chi connectivity index (χ3n) is 12.2. The molecule has 0 spiro atoms. The van der Waals surface area contributed by atoms with Gasteiger partial charge in [0.05, 0.1) is 64.1 Å². The molecule has 2 aromatic carbocycles. The number of allylic oxidation sites excluding steroid dienone is 2. The Morgan fingerprint density at radius 2 is 1.58 bits per heavy atom. The predicted octanol–water partition coefficient (Wildman–Crippen LogP) is 10.5. The first kappa shape index (κ1) is 61.6. The molecule has 73 heavy (non-hydrogen) atoms. The van der Waals surface area contributed by atoms with E-state index in [-0.39, 0.29) is 73.0 Å². The van der Waals surface area contributed by atoms with Gasteiger partial charge in [0.25, 0.3) is 0 Å². The van der Waals surface area contributed by atoms with E-state index in [9.17, 15) is 24.8 Å². The average Bonchev–Trinajstić information content (AvgIpc) is 4.04. The van der Waals surface area contributed by atoms with Crippen molar-refractivity contribution in [1.82, 2.24) is 9.88 Å². The molecular weight excluding hydrogens is 953 g/mol. The van der Waals surface area contributed by atoms with Crippen LogP contribution in [0.5, 0.6) is 17.2 Å². The Morgan fingerprint density at radius 3 is 2.22 bits per heavy atom. The van der Waals surface area contributed by atoms with Gasteiger partial charge in [0.1, 0.15) is 39.5 Å². The summed E-state index contributed by atoms with van der Waals surface area (Å²) in [6, 6.07) is 15.5. The van der Waals surface area contributed by atoms with Gasteiger partial charge in [0, 0.05) is 56.0 Å². The van der Waals surface area contributed by atoms with Crippen LogP contribution < -0.4 is 14.2 Å². The molecule has 0 bridgehead atoms. The largest absolute Gasteiger partial charge is 0.497 e. The maximum Gasteiger partial charge on any atom is 0.347 e. The molecule has 3 aromatic rings. The third kappa shape index (κ3) is 21.3. The molecule has 0 amide bonds. The number of rotatable bonds is 26. The molecule has 402 valence electrons. The van der Waals surface area contributed by atoms with E-state index in [1.807, 2.05) is 39.0 Å². The van der Waals surface area contributed by atoms with Crippen molar-refractivity contribution >= 4 is 29.2 Å². The first-order chi connectivity index (χ1) is 35.1. The number of likely N-dealkylation sites (tertiary alicyclic amines) is 1. The summed E-state index contributed by atoms with van der Waals surface area (Å²) >= 11 is 1.06. The zero-order chi connectivity index (χ0) is 53.7. The number of unbranched alkanes of at least 4 members (excludes halogenated alkanes) is 2. The molecule has 1 aromatic heterocycles. The first-order valence-electron chi connectivity index (χ1n) is 25.7. The summed E-state index contributed by atoms with van der Waals surface area (Å²) in [5.41, 5.74) is 2.50. The van der Waals surface area contributed by atoms with Crippen molar-refractivity contribution in [2.24, 2.45) is 17.8 Å². The van der Waals surface area contributed by atoms with Crippen LogP contribution in [-0.4, -0.2) is 117 Å². The second kappa shape index (κ2) is 33.9. The number of aliphatic hydroxyl groups excluding tert-OH is 1. The molecule has 2 N–H and O–H groups in total. The van der Waals surface area contributed by atoms with E-state index < -0.39 is 5.97 Å². The summed E-state index contributed by atoms with van der Waals surface area (Å²) < 4.78 is 39.8. The normalized spacial score (nSPS) is 17.7. The van der Waals surface area contributed by atoms with Crippen molar-refractivity contribution < 1.29 is 57.8 Å². The molecule has 16 nitrogen and oxygen atoms in total. The maximum absolute atomic E-state index is 12.7. The first-order valence-corrected chi connectivity index (χ1v) is 26.6. The fourth-order valence-electron chi connectivity index (χ4n) is 8.16. The van der Waals surface area contributed by atoms with Gasteiger partial charge in [-0.05, 0) is 101 Å². The molecule has 1 saturated carbocycles. The zero-order valence-corrected chi connectivity index (χ0v) is 45.4. The molecule has 1 saturated heterocycles. The van der Waals surface area contributed by atoms with Crippen molar-refractivity contribution in [2.45, 2.75) is 144 Å². The van der Waals surface area contributed by atoms with E-state index in [0.717, 1.165) is 74.3 Å². The van der Waals surface area contributed by atoms with Crippen LogP contribution in [0, 0.1) is 47.3 Å². The lowest BCUT2D eigenvalue weighted by Crippen LogP contribution is -2.46. The van der Waals surface area contributed by atoms with Crippen LogP contribution in [0.25, 0.3) is 10.6 Å². The molecule has 1 aliphatic heterocycles. The number of methoxy groups -OCH3 is 2. The number of hydrogen-bond acceptors (Lipinski definition) is 16.